The van der Waals surface area contributed by atoms with Gasteiger partial charge in [0.2, 0.25) is 5.91 Å². The Bertz CT molecular complexity index is 400. The van der Waals surface area contributed by atoms with Gasteiger partial charge in [0.25, 0.3) is 0 Å². The topological polar surface area (TPSA) is 62.2 Å². The minimum Gasteiger partial charge on any atom is -0.389 e. The van der Waals surface area contributed by atoms with Crippen molar-refractivity contribution >= 4 is 5.91 Å². The molecule has 0 spiro atoms. The second-order valence-corrected chi connectivity index (χ2v) is 7.79. The zero-order valence-electron chi connectivity index (χ0n) is 15.4. The number of aliphatic hydroxyl groups is 1. The first-order valence-corrected chi connectivity index (χ1v) is 10.1. The summed E-state index contributed by atoms with van der Waals surface area (Å²) < 4.78 is 11.1. The van der Waals surface area contributed by atoms with Crippen LogP contribution in [0.4, 0.5) is 0 Å². The van der Waals surface area contributed by atoms with Gasteiger partial charge in [0.05, 0.1) is 25.4 Å². The third-order valence-electron chi connectivity index (χ3n) is 5.71. The highest BCUT2D eigenvalue weighted by Crippen LogP contribution is 2.22. The molecule has 3 fully saturated rings. The minimum absolute atomic E-state index is 0.183. The fourth-order valence-corrected chi connectivity index (χ4v) is 4.20. The monoisotopic (exact) mass is 354 g/mol. The Morgan fingerprint density at radius 3 is 2.52 bits per heavy atom. The number of ether oxygens (including phenoxy) is 2. The van der Waals surface area contributed by atoms with E-state index in [9.17, 15) is 9.90 Å². The molecule has 25 heavy (non-hydrogen) atoms. The molecule has 1 N–H and O–H groups in total. The molecule has 0 aliphatic carbocycles. The number of carbonyl (C=O) groups is 1. The van der Waals surface area contributed by atoms with E-state index in [-0.39, 0.29) is 12.0 Å². The molecule has 1 amide bonds. The van der Waals surface area contributed by atoms with Crippen LogP contribution in [0.15, 0.2) is 0 Å². The summed E-state index contributed by atoms with van der Waals surface area (Å²) in [5.41, 5.74) is 0. The van der Waals surface area contributed by atoms with Gasteiger partial charge in [-0.25, -0.2) is 0 Å². The maximum absolute atomic E-state index is 12.6. The normalized spacial score (nSPS) is 27.6. The van der Waals surface area contributed by atoms with Crippen molar-refractivity contribution in [2.75, 3.05) is 52.5 Å². The first kappa shape index (κ1) is 19.1. The van der Waals surface area contributed by atoms with Gasteiger partial charge >= 0.3 is 0 Å². The zero-order chi connectivity index (χ0) is 17.5. The predicted octanol–water partition coefficient (Wildman–Crippen LogP) is 1.27. The van der Waals surface area contributed by atoms with Gasteiger partial charge in [0.15, 0.2) is 0 Å². The number of amides is 1. The third kappa shape index (κ3) is 5.91. The lowest BCUT2D eigenvalue weighted by molar-refractivity contribution is -0.138. The molecule has 0 aromatic rings. The number of rotatable bonds is 7. The summed E-state index contributed by atoms with van der Waals surface area (Å²) in [6.07, 6.45) is 7.33. The number of hydrogen-bond acceptors (Lipinski definition) is 5. The van der Waals surface area contributed by atoms with Gasteiger partial charge in [0, 0.05) is 32.2 Å². The second kappa shape index (κ2) is 9.86. The predicted molar refractivity (Wildman–Crippen MR) is 95.4 cm³/mol. The fourth-order valence-electron chi connectivity index (χ4n) is 4.20. The van der Waals surface area contributed by atoms with Crippen molar-refractivity contribution in [2.24, 2.45) is 5.92 Å². The summed E-state index contributed by atoms with van der Waals surface area (Å²) in [6, 6.07) is 0. The molecule has 0 saturated carbocycles. The van der Waals surface area contributed by atoms with Crippen LogP contribution in [0.25, 0.3) is 0 Å². The molecular weight excluding hydrogens is 320 g/mol. The molecule has 3 heterocycles. The van der Waals surface area contributed by atoms with Crippen molar-refractivity contribution in [1.82, 2.24) is 9.80 Å². The van der Waals surface area contributed by atoms with Gasteiger partial charge < -0.3 is 24.4 Å². The van der Waals surface area contributed by atoms with Crippen molar-refractivity contribution in [1.29, 1.82) is 0 Å². The van der Waals surface area contributed by atoms with Gasteiger partial charge in [-0.1, -0.05) is 0 Å². The second-order valence-electron chi connectivity index (χ2n) is 7.79. The Hall–Kier alpha value is -0.690. The first-order chi connectivity index (χ1) is 12.2. The van der Waals surface area contributed by atoms with E-state index in [0.29, 0.717) is 25.7 Å². The van der Waals surface area contributed by atoms with Crippen LogP contribution in [-0.4, -0.2) is 85.6 Å². The highest BCUT2D eigenvalue weighted by molar-refractivity contribution is 5.79. The fraction of sp³-hybridized carbons (Fsp3) is 0.947. The number of aliphatic hydroxyl groups excluding tert-OH is 1. The summed E-state index contributed by atoms with van der Waals surface area (Å²) in [7, 11) is 0. The van der Waals surface area contributed by atoms with E-state index in [1.165, 1.54) is 6.42 Å². The van der Waals surface area contributed by atoms with E-state index in [0.717, 1.165) is 71.3 Å². The SMILES string of the molecule is O=C(C1CCN(CC(O)COCC2CCCO2)CC1)N1CCCCC1. The van der Waals surface area contributed by atoms with Crippen LogP contribution >= 0.6 is 0 Å². The minimum atomic E-state index is -0.462. The average Bonchev–Trinajstić information content (AvgIpc) is 3.16. The first-order valence-electron chi connectivity index (χ1n) is 10.1. The quantitative estimate of drug-likeness (QED) is 0.746. The number of β-amino-alcohol motifs (C(OH)–C–C–N with tert-alkyl or cyclic N) is 1. The van der Waals surface area contributed by atoms with Crippen LogP contribution in [0.5, 0.6) is 0 Å². The maximum Gasteiger partial charge on any atom is 0.225 e. The largest absolute Gasteiger partial charge is 0.389 e. The van der Waals surface area contributed by atoms with E-state index >= 15 is 0 Å². The zero-order valence-corrected chi connectivity index (χ0v) is 15.4. The molecule has 2 unspecified atom stereocenters. The van der Waals surface area contributed by atoms with Crippen molar-refractivity contribution in [3.05, 3.63) is 0 Å². The Labute approximate surface area is 151 Å². The lowest BCUT2D eigenvalue weighted by Crippen LogP contribution is -2.46. The molecule has 144 valence electrons. The molecule has 0 aromatic heterocycles. The van der Waals surface area contributed by atoms with Gasteiger partial charge in [-0.05, 0) is 58.0 Å². The molecule has 6 nitrogen and oxygen atoms in total. The van der Waals surface area contributed by atoms with Crippen LogP contribution in [0.1, 0.15) is 44.9 Å². The Morgan fingerprint density at radius 2 is 1.84 bits per heavy atom. The number of nitrogens with zero attached hydrogens (tertiary/aromatic N) is 2. The molecule has 3 aliphatic rings. The summed E-state index contributed by atoms with van der Waals surface area (Å²) in [6.45, 7) is 6.10. The third-order valence-corrected chi connectivity index (χ3v) is 5.71. The van der Waals surface area contributed by atoms with Crippen LogP contribution in [0.2, 0.25) is 0 Å². The number of piperidine rings is 2. The summed E-state index contributed by atoms with van der Waals surface area (Å²) in [4.78, 5) is 16.9. The lowest BCUT2D eigenvalue weighted by Gasteiger charge is -2.36. The van der Waals surface area contributed by atoms with Crippen LogP contribution in [0.3, 0.4) is 0 Å². The molecule has 6 heteroatoms. The summed E-state index contributed by atoms with van der Waals surface area (Å²) >= 11 is 0. The van der Waals surface area contributed by atoms with E-state index in [1.54, 1.807) is 0 Å². The highest BCUT2D eigenvalue weighted by atomic mass is 16.5. The smallest absolute Gasteiger partial charge is 0.225 e. The molecule has 0 bridgehead atoms. The number of likely N-dealkylation sites (tertiary alicyclic amines) is 2. The van der Waals surface area contributed by atoms with Gasteiger partial charge in [-0.15, -0.1) is 0 Å². The molecule has 0 radical (unpaired) electrons. The summed E-state index contributed by atoms with van der Waals surface area (Å²) in [5.74, 6) is 0.544. The van der Waals surface area contributed by atoms with E-state index in [4.69, 9.17) is 9.47 Å². The van der Waals surface area contributed by atoms with Crippen LogP contribution in [-0.2, 0) is 14.3 Å². The van der Waals surface area contributed by atoms with Crippen molar-refractivity contribution in [3.8, 4) is 0 Å². The Balaban J connectivity index is 1.29. The molecule has 0 aromatic carbocycles. The van der Waals surface area contributed by atoms with Crippen molar-refractivity contribution in [2.45, 2.75) is 57.2 Å². The van der Waals surface area contributed by atoms with Crippen LogP contribution < -0.4 is 0 Å². The average molecular weight is 354 g/mol. The highest BCUT2D eigenvalue weighted by Gasteiger charge is 2.29. The number of hydrogen-bond donors (Lipinski definition) is 1. The van der Waals surface area contributed by atoms with Crippen LogP contribution in [0, 0.1) is 5.92 Å². The number of carbonyl (C=O) groups excluding carboxylic acids is 1. The molecule has 3 rings (SSSR count). The standard InChI is InChI=1S/C19H34N2O4/c22-17(14-24-15-18-5-4-12-25-18)13-20-10-6-16(7-11-20)19(23)21-8-2-1-3-9-21/h16-18,22H,1-15H2. The maximum atomic E-state index is 12.6. The van der Waals surface area contributed by atoms with E-state index in [1.807, 2.05) is 0 Å². The van der Waals surface area contributed by atoms with Gasteiger partial charge in [-0.3, -0.25) is 4.79 Å². The lowest BCUT2D eigenvalue weighted by atomic mass is 9.94. The Morgan fingerprint density at radius 1 is 1.08 bits per heavy atom. The van der Waals surface area contributed by atoms with E-state index in [2.05, 4.69) is 9.80 Å². The molecule has 3 saturated heterocycles. The van der Waals surface area contributed by atoms with Gasteiger partial charge in [0.1, 0.15) is 0 Å². The molecule has 3 aliphatic heterocycles. The van der Waals surface area contributed by atoms with E-state index < -0.39 is 6.10 Å². The van der Waals surface area contributed by atoms with Crippen molar-refractivity contribution in [3.63, 3.8) is 0 Å². The molecule has 2 atom stereocenters. The van der Waals surface area contributed by atoms with Gasteiger partial charge in [-0.2, -0.15) is 0 Å². The Kier molecular flexibility index (Phi) is 7.52. The summed E-state index contributed by atoms with van der Waals surface area (Å²) in [5, 5.41) is 10.2. The van der Waals surface area contributed by atoms with Crippen molar-refractivity contribution < 1.29 is 19.4 Å². The molecular formula is C19H34N2O4.